The molecule has 0 amide bonds. The summed E-state index contributed by atoms with van der Waals surface area (Å²) in [6, 6.07) is 0. The lowest BCUT2D eigenvalue weighted by molar-refractivity contribution is 0.120. The summed E-state index contributed by atoms with van der Waals surface area (Å²) in [4.78, 5) is 36.7. The summed E-state index contributed by atoms with van der Waals surface area (Å²) in [5.74, 6) is 0.105. The van der Waals surface area contributed by atoms with Crippen LogP contribution in [-0.2, 0) is 11.0 Å². The zero-order valence-electron chi connectivity index (χ0n) is 9.24. The highest BCUT2D eigenvalue weighted by molar-refractivity contribution is 7.51. The molecule has 0 aliphatic rings. The molecule has 96 valence electrons. The molecule has 0 saturated heterocycles. The lowest BCUT2D eigenvalue weighted by Gasteiger charge is -2.10. The summed E-state index contributed by atoms with van der Waals surface area (Å²) in [6.07, 6.45) is 1.80. The van der Waals surface area contributed by atoms with Gasteiger partial charge in [-0.1, -0.05) is 13.3 Å². The predicted octanol–water partition coefficient (Wildman–Crippen LogP) is -0.658. The van der Waals surface area contributed by atoms with Gasteiger partial charge in [-0.05, 0) is 6.42 Å². The molecule has 1 aromatic rings. The summed E-state index contributed by atoms with van der Waals surface area (Å²) in [5, 5.41) is 0. The van der Waals surface area contributed by atoms with Crippen LogP contribution in [0.25, 0.3) is 0 Å². The van der Waals surface area contributed by atoms with Crippen LogP contribution in [0.2, 0.25) is 0 Å². The first kappa shape index (κ1) is 13.7. The third kappa shape index (κ3) is 4.18. The van der Waals surface area contributed by atoms with Gasteiger partial charge >= 0.3 is 13.3 Å². The fourth-order valence-electron chi connectivity index (χ4n) is 1.18. The van der Waals surface area contributed by atoms with Gasteiger partial charge < -0.3 is 20.4 Å². The molecular weight excluding hydrogens is 249 g/mol. The second kappa shape index (κ2) is 5.31. The lowest BCUT2D eigenvalue weighted by atomic mass is 10.2. The molecular formula is C8H14N3O5P. The topological polar surface area (TPSA) is 128 Å². The molecule has 0 spiro atoms. The third-order valence-electron chi connectivity index (χ3n) is 1.89. The van der Waals surface area contributed by atoms with Crippen LogP contribution in [0, 0.1) is 0 Å². The predicted molar refractivity (Wildman–Crippen MR) is 60.4 cm³/mol. The SMILES string of the molecule is CCCc1cn(OCP(=O)(O)O)c(=O)nc1N. The van der Waals surface area contributed by atoms with E-state index < -0.39 is 19.6 Å². The average molecular weight is 263 g/mol. The maximum atomic E-state index is 11.3. The Labute approximate surface area is 97.2 Å². The van der Waals surface area contributed by atoms with Gasteiger partial charge in [-0.2, -0.15) is 4.98 Å². The number of hydrogen-bond donors (Lipinski definition) is 3. The monoisotopic (exact) mass is 263 g/mol. The highest BCUT2D eigenvalue weighted by Crippen LogP contribution is 2.32. The van der Waals surface area contributed by atoms with Crippen molar-refractivity contribution in [2.75, 3.05) is 12.1 Å². The Kier molecular flexibility index (Phi) is 4.28. The highest BCUT2D eigenvalue weighted by Gasteiger charge is 2.15. The van der Waals surface area contributed by atoms with E-state index in [9.17, 15) is 9.36 Å². The first-order valence-corrected chi connectivity index (χ1v) is 6.69. The zero-order chi connectivity index (χ0) is 13.1. The van der Waals surface area contributed by atoms with Gasteiger partial charge in [-0.25, -0.2) is 4.79 Å². The van der Waals surface area contributed by atoms with Gasteiger partial charge in [0.05, 0.1) is 6.20 Å². The molecule has 0 unspecified atom stereocenters. The number of nitrogens with two attached hydrogens (primary N) is 1. The summed E-state index contributed by atoms with van der Waals surface area (Å²) >= 11 is 0. The molecule has 1 heterocycles. The Morgan fingerprint density at radius 1 is 1.59 bits per heavy atom. The van der Waals surface area contributed by atoms with Crippen molar-refractivity contribution in [2.24, 2.45) is 0 Å². The Hall–Kier alpha value is -1.37. The van der Waals surface area contributed by atoms with Gasteiger partial charge in [0.25, 0.3) is 0 Å². The maximum Gasteiger partial charge on any atom is 0.382 e. The molecule has 8 nitrogen and oxygen atoms in total. The molecule has 0 radical (unpaired) electrons. The number of nitrogen functional groups attached to an aromatic ring is 1. The second-order valence-electron chi connectivity index (χ2n) is 3.43. The van der Waals surface area contributed by atoms with E-state index in [1.807, 2.05) is 6.92 Å². The summed E-state index contributed by atoms with van der Waals surface area (Å²) < 4.78 is 11.3. The smallest absolute Gasteiger partial charge is 0.382 e. The van der Waals surface area contributed by atoms with Gasteiger partial charge in [0, 0.05) is 5.56 Å². The first-order valence-electron chi connectivity index (χ1n) is 4.89. The quantitative estimate of drug-likeness (QED) is 0.601. The van der Waals surface area contributed by atoms with Crippen molar-refractivity contribution >= 4 is 13.4 Å². The molecule has 17 heavy (non-hydrogen) atoms. The van der Waals surface area contributed by atoms with Gasteiger partial charge in [0.2, 0.25) is 6.35 Å². The molecule has 0 aromatic carbocycles. The minimum atomic E-state index is -4.33. The van der Waals surface area contributed by atoms with Crippen molar-refractivity contribution in [3.63, 3.8) is 0 Å². The Balaban J connectivity index is 2.96. The summed E-state index contributed by atoms with van der Waals surface area (Å²) in [5.41, 5.74) is 5.31. The fraction of sp³-hybridized carbons (Fsp3) is 0.500. The van der Waals surface area contributed by atoms with Crippen molar-refractivity contribution in [3.8, 4) is 0 Å². The van der Waals surface area contributed by atoms with E-state index in [1.165, 1.54) is 6.20 Å². The molecule has 9 heteroatoms. The maximum absolute atomic E-state index is 11.3. The van der Waals surface area contributed by atoms with Crippen molar-refractivity contribution in [1.29, 1.82) is 0 Å². The van der Waals surface area contributed by atoms with Crippen LogP contribution >= 0.6 is 7.60 Å². The molecule has 0 bridgehead atoms. The van der Waals surface area contributed by atoms with Crippen LogP contribution < -0.4 is 16.3 Å². The minimum Gasteiger partial charge on any atom is -0.397 e. The van der Waals surface area contributed by atoms with Crippen LogP contribution in [0.3, 0.4) is 0 Å². The normalized spacial score (nSPS) is 11.5. The van der Waals surface area contributed by atoms with Crippen molar-refractivity contribution in [1.82, 2.24) is 9.71 Å². The zero-order valence-corrected chi connectivity index (χ0v) is 10.1. The highest BCUT2D eigenvalue weighted by atomic mass is 31.2. The molecule has 0 atom stereocenters. The van der Waals surface area contributed by atoms with Gasteiger partial charge in [0.1, 0.15) is 5.82 Å². The Morgan fingerprint density at radius 2 is 2.24 bits per heavy atom. The van der Waals surface area contributed by atoms with E-state index in [0.717, 1.165) is 6.42 Å². The standard InChI is InChI=1S/C8H14N3O5P/c1-2-3-6-4-11(8(12)10-7(6)9)16-5-17(13,14)15/h4H,2-3,5H2,1H3,(H2,9,10,12)(H2,13,14,15). The van der Waals surface area contributed by atoms with Crippen molar-refractivity contribution in [2.45, 2.75) is 19.8 Å². The molecule has 0 saturated carbocycles. The van der Waals surface area contributed by atoms with E-state index in [4.69, 9.17) is 15.5 Å². The summed E-state index contributed by atoms with van der Waals surface area (Å²) in [6.45, 7) is 1.92. The van der Waals surface area contributed by atoms with Crippen LogP contribution in [0.5, 0.6) is 0 Å². The van der Waals surface area contributed by atoms with Crippen LogP contribution in [0.1, 0.15) is 18.9 Å². The van der Waals surface area contributed by atoms with Crippen LogP contribution in [0.4, 0.5) is 5.82 Å². The molecule has 0 aliphatic heterocycles. The van der Waals surface area contributed by atoms with Crippen molar-refractivity contribution < 1.29 is 19.2 Å². The Morgan fingerprint density at radius 3 is 2.76 bits per heavy atom. The molecule has 1 aromatic heterocycles. The molecule has 0 aliphatic carbocycles. The molecule has 1 rings (SSSR count). The second-order valence-corrected chi connectivity index (χ2v) is 5.02. The van der Waals surface area contributed by atoms with Crippen LogP contribution in [-0.4, -0.2) is 25.8 Å². The van der Waals surface area contributed by atoms with Crippen molar-refractivity contribution in [3.05, 3.63) is 22.2 Å². The van der Waals surface area contributed by atoms with E-state index in [2.05, 4.69) is 9.82 Å². The van der Waals surface area contributed by atoms with E-state index in [1.54, 1.807) is 0 Å². The number of rotatable bonds is 5. The average Bonchev–Trinajstić information content (AvgIpc) is 2.19. The number of hydrogen-bond acceptors (Lipinski definition) is 5. The van der Waals surface area contributed by atoms with E-state index >= 15 is 0 Å². The third-order valence-corrected chi connectivity index (χ3v) is 2.34. The van der Waals surface area contributed by atoms with E-state index in [-0.39, 0.29) is 5.82 Å². The number of aromatic nitrogens is 2. The Bertz CT molecular complexity index is 494. The van der Waals surface area contributed by atoms with Gasteiger partial charge in [-0.15, -0.1) is 4.73 Å². The number of anilines is 1. The molecule has 4 N–H and O–H groups in total. The molecule has 0 fully saturated rings. The summed E-state index contributed by atoms with van der Waals surface area (Å²) in [7, 11) is -4.33. The van der Waals surface area contributed by atoms with Crippen LogP contribution in [0.15, 0.2) is 11.0 Å². The fourth-order valence-corrected chi connectivity index (χ4v) is 1.45. The largest absolute Gasteiger partial charge is 0.397 e. The number of aryl methyl sites for hydroxylation is 1. The van der Waals surface area contributed by atoms with E-state index in [0.29, 0.717) is 16.7 Å². The minimum absolute atomic E-state index is 0.105. The van der Waals surface area contributed by atoms with Gasteiger partial charge in [0.15, 0.2) is 0 Å². The lowest BCUT2D eigenvalue weighted by Crippen LogP contribution is -2.30. The number of nitrogens with zero attached hydrogens (tertiary/aromatic N) is 2. The van der Waals surface area contributed by atoms with Gasteiger partial charge in [-0.3, -0.25) is 4.57 Å². The first-order chi connectivity index (χ1) is 7.83.